The summed E-state index contributed by atoms with van der Waals surface area (Å²) >= 11 is 1.43. The zero-order valence-corrected chi connectivity index (χ0v) is 11.0. The van der Waals surface area contributed by atoms with E-state index in [1.54, 1.807) is 4.68 Å². The molecule has 0 aliphatic rings. The molecular formula is C11H14N6OS. The van der Waals surface area contributed by atoms with Crippen LogP contribution in [0.1, 0.15) is 6.42 Å². The zero-order chi connectivity index (χ0) is 13.7. The number of primary amides is 1. The van der Waals surface area contributed by atoms with E-state index in [0.29, 0.717) is 17.3 Å². The lowest BCUT2D eigenvalue weighted by Gasteiger charge is -2.06. The largest absolute Gasteiger partial charge is 0.368 e. The van der Waals surface area contributed by atoms with Gasteiger partial charge in [-0.25, -0.2) is 0 Å². The smallest absolute Gasteiger partial charge is 0.234 e. The van der Waals surface area contributed by atoms with Crippen LogP contribution in [0.3, 0.4) is 0 Å². The summed E-state index contributed by atoms with van der Waals surface area (Å²) in [5, 5.41) is 12.2. The number of tetrazole rings is 1. The van der Waals surface area contributed by atoms with Crippen LogP contribution >= 0.6 is 11.8 Å². The highest BCUT2D eigenvalue weighted by atomic mass is 32.2. The molecule has 1 unspecified atom stereocenters. The first-order valence-electron chi connectivity index (χ1n) is 5.70. The molecule has 0 saturated carbocycles. The molecule has 2 aromatic rings. The maximum atomic E-state index is 10.8. The third-order valence-corrected chi connectivity index (χ3v) is 3.42. The average Bonchev–Trinajstić information content (AvgIpc) is 2.88. The number of amides is 1. The molecule has 0 fully saturated rings. The Morgan fingerprint density at radius 2 is 2.11 bits per heavy atom. The minimum absolute atomic E-state index is 0.488. The Hall–Kier alpha value is -1.93. The van der Waals surface area contributed by atoms with E-state index in [9.17, 15) is 4.79 Å². The topological polar surface area (TPSA) is 113 Å². The molecule has 1 heterocycles. The Labute approximate surface area is 114 Å². The van der Waals surface area contributed by atoms with Crippen LogP contribution in [-0.2, 0) is 4.79 Å². The lowest BCUT2D eigenvalue weighted by atomic mass is 10.2. The van der Waals surface area contributed by atoms with Crippen molar-refractivity contribution >= 4 is 17.7 Å². The number of rotatable bonds is 6. The van der Waals surface area contributed by atoms with Gasteiger partial charge in [-0.2, -0.15) is 4.68 Å². The average molecular weight is 278 g/mol. The van der Waals surface area contributed by atoms with E-state index in [2.05, 4.69) is 15.5 Å². The highest BCUT2D eigenvalue weighted by Gasteiger charge is 2.12. The van der Waals surface area contributed by atoms with Gasteiger partial charge in [-0.15, -0.1) is 5.10 Å². The third-order valence-electron chi connectivity index (χ3n) is 2.47. The Bertz CT molecular complexity index is 543. The molecule has 0 aliphatic carbocycles. The van der Waals surface area contributed by atoms with Crippen molar-refractivity contribution in [3.8, 4) is 5.69 Å². The number of hydrogen-bond donors (Lipinski definition) is 2. The van der Waals surface area contributed by atoms with E-state index in [-0.39, 0.29) is 0 Å². The second kappa shape index (κ2) is 6.30. The maximum absolute atomic E-state index is 10.8. The van der Waals surface area contributed by atoms with Crippen molar-refractivity contribution < 1.29 is 4.79 Å². The van der Waals surface area contributed by atoms with Crippen molar-refractivity contribution in [1.29, 1.82) is 0 Å². The first kappa shape index (κ1) is 13.5. The van der Waals surface area contributed by atoms with Crippen LogP contribution in [0, 0.1) is 0 Å². The Kier molecular flexibility index (Phi) is 4.48. The van der Waals surface area contributed by atoms with Crippen LogP contribution in [0.15, 0.2) is 35.5 Å². The van der Waals surface area contributed by atoms with E-state index in [0.717, 1.165) is 5.69 Å². The molecule has 0 spiro atoms. The minimum atomic E-state index is -0.631. The van der Waals surface area contributed by atoms with Crippen LogP contribution in [0.2, 0.25) is 0 Å². The molecule has 2 rings (SSSR count). The normalized spacial score (nSPS) is 12.3. The summed E-state index contributed by atoms with van der Waals surface area (Å²) in [6, 6.07) is 8.94. The monoisotopic (exact) mass is 278 g/mol. The van der Waals surface area contributed by atoms with Gasteiger partial charge in [0.15, 0.2) is 0 Å². The van der Waals surface area contributed by atoms with E-state index in [4.69, 9.17) is 11.5 Å². The molecule has 1 aromatic carbocycles. The Balaban J connectivity index is 1.99. The molecule has 19 heavy (non-hydrogen) atoms. The van der Waals surface area contributed by atoms with E-state index < -0.39 is 11.9 Å². The van der Waals surface area contributed by atoms with Gasteiger partial charge in [-0.1, -0.05) is 30.0 Å². The number of nitrogens with two attached hydrogens (primary N) is 2. The molecule has 1 atom stereocenters. The standard InChI is InChI=1S/C11H14N6OS/c12-9(10(13)18)6-7-19-11-14-15-16-17(11)8-4-2-1-3-5-8/h1-5,9H,6-7,12H2,(H2,13,18). The van der Waals surface area contributed by atoms with Crippen molar-refractivity contribution in [2.45, 2.75) is 17.6 Å². The number of hydrogen-bond acceptors (Lipinski definition) is 6. The molecule has 0 radical (unpaired) electrons. The molecule has 4 N–H and O–H groups in total. The number of thioether (sulfide) groups is 1. The van der Waals surface area contributed by atoms with Gasteiger partial charge in [-0.3, -0.25) is 4.79 Å². The summed E-state index contributed by atoms with van der Waals surface area (Å²) in [4.78, 5) is 10.8. The van der Waals surface area contributed by atoms with Crippen molar-refractivity contribution in [1.82, 2.24) is 20.2 Å². The second-order valence-electron chi connectivity index (χ2n) is 3.85. The van der Waals surface area contributed by atoms with Gasteiger partial charge in [0.1, 0.15) is 0 Å². The summed E-state index contributed by atoms with van der Waals surface area (Å²) in [5.41, 5.74) is 11.5. The summed E-state index contributed by atoms with van der Waals surface area (Å²) in [7, 11) is 0. The molecule has 0 saturated heterocycles. The highest BCUT2D eigenvalue weighted by Crippen LogP contribution is 2.18. The van der Waals surface area contributed by atoms with Crippen molar-refractivity contribution in [2.75, 3.05) is 5.75 Å². The number of nitrogens with zero attached hydrogens (tertiary/aromatic N) is 4. The van der Waals surface area contributed by atoms with Crippen LogP contribution in [0.4, 0.5) is 0 Å². The Morgan fingerprint density at radius 1 is 1.37 bits per heavy atom. The second-order valence-corrected chi connectivity index (χ2v) is 4.92. The number of benzene rings is 1. The molecule has 100 valence electrons. The van der Waals surface area contributed by atoms with Gasteiger partial charge >= 0.3 is 0 Å². The predicted octanol–water partition coefficient (Wildman–Crippen LogP) is -0.0429. The molecule has 0 bridgehead atoms. The van der Waals surface area contributed by atoms with E-state index in [1.165, 1.54) is 11.8 Å². The van der Waals surface area contributed by atoms with Gasteiger partial charge < -0.3 is 11.5 Å². The van der Waals surface area contributed by atoms with Crippen molar-refractivity contribution in [2.24, 2.45) is 11.5 Å². The number of aromatic nitrogens is 4. The molecule has 1 amide bonds. The maximum Gasteiger partial charge on any atom is 0.234 e. The molecular weight excluding hydrogens is 264 g/mol. The summed E-state index contributed by atoms with van der Waals surface area (Å²) in [5.74, 6) is 0.125. The van der Waals surface area contributed by atoms with Gasteiger partial charge in [0.05, 0.1) is 11.7 Å². The van der Waals surface area contributed by atoms with Crippen molar-refractivity contribution in [3.63, 3.8) is 0 Å². The quantitative estimate of drug-likeness (QED) is 0.717. The van der Waals surface area contributed by atoms with Crippen LogP contribution in [-0.4, -0.2) is 37.9 Å². The molecule has 7 nitrogen and oxygen atoms in total. The lowest BCUT2D eigenvalue weighted by molar-refractivity contribution is -0.119. The lowest BCUT2D eigenvalue weighted by Crippen LogP contribution is -2.36. The minimum Gasteiger partial charge on any atom is -0.368 e. The predicted molar refractivity (Wildman–Crippen MR) is 71.7 cm³/mol. The van der Waals surface area contributed by atoms with Gasteiger partial charge in [0.2, 0.25) is 11.1 Å². The van der Waals surface area contributed by atoms with Crippen LogP contribution < -0.4 is 11.5 Å². The molecule has 1 aromatic heterocycles. The SMILES string of the molecule is NC(=O)C(N)CCSc1nnnn1-c1ccccc1. The fraction of sp³-hybridized carbons (Fsp3) is 0.273. The number of carbonyl (C=O) groups excluding carboxylic acids is 1. The third kappa shape index (κ3) is 3.52. The van der Waals surface area contributed by atoms with E-state index in [1.807, 2.05) is 30.3 Å². The number of para-hydroxylation sites is 1. The fourth-order valence-electron chi connectivity index (χ4n) is 1.42. The molecule has 8 heteroatoms. The summed E-state index contributed by atoms with van der Waals surface area (Å²) in [6.45, 7) is 0. The van der Waals surface area contributed by atoms with Crippen LogP contribution in [0.5, 0.6) is 0 Å². The zero-order valence-electron chi connectivity index (χ0n) is 10.1. The summed E-state index contributed by atoms with van der Waals surface area (Å²) in [6.07, 6.45) is 0.488. The Morgan fingerprint density at radius 3 is 2.79 bits per heavy atom. The van der Waals surface area contributed by atoms with Gasteiger partial charge in [-0.05, 0) is 29.0 Å². The van der Waals surface area contributed by atoms with Crippen LogP contribution in [0.25, 0.3) is 5.69 Å². The van der Waals surface area contributed by atoms with Gasteiger partial charge in [0, 0.05) is 5.75 Å². The molecule has 0 aliphatic heterocycles. The van der Waals surface area contributed by atoms with Crippen molar-refractivity contribution in [3.05, 3.63) is 30.3 Å². The number of carbonyl (C=O) groups is 1. The van der Waals surface area contributed by atoms with E-state index >= 15 is 0 Å². The first-order chi connectivity index (χ1) is 9.18. The van der Waals surface area contributed by atoms with Gasteiger partial charge in [0.25, 0.3) is 0 Å². The summed E-state index contributed by atoms with van der Waals surface area (Å²) < 4.78 is 1.64. The first-order valence-corrected chi connectivity index (χ1v) is 6.68. The fourth-order valence-corrected chi connectivity index (χ4v) is 2.33. The highest BCUT2D eigenvalue weighted by molar-refractivity contribution is 7.99.